The average Bonchev–Trinajstić information content (AvgIpc) is 2.87. The van der Waals surface area contributed by atoms with Gasteiger partial charge in [-0.2, -0.15) is 5.10 Å². The Bertz CT molecular complexity index is 800. The van der Waals surface area contributed by atoms with Gasteiger partial charge in [-0.1, -0.05) is 17.7 Å². The van der Waals surface area contributed by atoms with Crippen LogP contribution in [-0.4, -0.2) is 15.5 Å². The molecule has 0 aliphatic carbocycles. The zero-order valence-electron chi connectivity index (χ0n) is 10.2. The normalized spacial score (nSPS) is 10.7. The second-order valence-electron chi connectivity index (χ2n) is 4.17. The van der Waals surface area contributed by atoms with Crippen molar-refractivity contribution in [3.8, 4) is 0 Å². The Labute approximate surface area is 128 Å². The molecule has 0 bridgehead atoms. The number of fused-ring (bicyclic) bond motifs is 1. The summed E-state index contributed by atoms with van der Waals surface area (Å²) in [5.74, 6) is -0.208. The Kier molecular flexibility index (Phi) is 3.46. The first-order chi connectivity index (χ1) is 9.65. The number of benzene rings is 1. The lowest BCUT2D eigenvalue weighted by Crippen LogP contribution is -2.11. The third kappa shape index (κ3) is 2.42. The first-order valence-electron chi connectivity index (χ1n) is 5.84. The van der Waals surface area contributed by atoms with Crippen LogP contribution in [0.1, 0.15) is 10.4 Å². The van der Waals surface area contributed by atoms with Gasteiger partial charge in [0.25, 0.3) is 5.91 Å². The molecule has 0 atom stereocenters. The fourth-order valence-corrected chi connectivity index (χ4v) is 2.38. The monoisotopic (exact) mass is 349 g/mol. The predicted molar refractivity (Wildman–Crippen MR) is 82.3 cm³/mol. The molecule has 4 nitrogen and oxygen atoms in total. The van der Waals surface area contributed by atoms with Crippen LogP contribution in [0.4, 0.5) is 5.69 Å². The fourth-order valence-electron chi connectivity index (χ4n) is 1.88. The smallest absolute Gasteiger partial charge is 0.259 e. The Balaban J connectivity index is 1.91. The minimum absolute atomic E-state index is 0.208. The molecular formula is C14H9BrClN3O. The number of pyridine rings is 1. The summed E-state index contributed by atoms with van der Waals surface area (Å²) in [6.07, 6.45) is 3.35. The van der Waals surface area contributed by atoms with Gasteiger partial charge in [-0.05, 0) is 46.3 Å². The molecule has 2 heterocycles. The van der Waals surface area contributed by atoms with E-state index in [1.807, 2.05) is 18.2 Å². The number of nitrogens with zero attached hydrogens (tertiary/aromatic N) is 2. The van der Waals surface area contributed by atoms with E-state index in [2.05, 4.69) is 26.3 Å². The molecule has 0 fully saturated rings. The molecule has 0 spiro atoms. The van der Waals surface area contributed by atoms with Crippen LogP contribution in [0.3, 0.4) is 0 Å². The van der Waals surface area contributed by atoms with E-state index in [1.165, 1.54) is 0 Å². The van der Waals surface area contributed by atoms with Crippen molar-refractivity contribution in [2.24, 2.45) is 0 Å². The maximum absolute atomic E-state index is 12.3. The molecule has 0 aliphatic rings. The number of anilines is 1. The summed E-state index contributed by atoms with van der Waals surface area (Å²) < 4.78 is 2.39. The van der Waals surface area contributed by atoms with E-state index in [-0.39, 0.29) is 5.91 Å². The Morgan fingerprint density at radius 1 is 1.30 bits per heavy atom. The summed E-state index contributed by atoms with van der Waals surface area (Å²) >= 11 is 9.25. The number of rotatable bonds is 2. The standard InChI is InChI=1S/C14H9BrClN3O/c15-11-7-9(4-5-12(11)16)18-14(20)10-8-17-19-6-2-1-3-13(10)19/h1-8H,(H,18,20). The number of halogens is 2. The maximum Gasteiger partial charge on any atom is 0.259 e. The Hall–Kier alpha value is -1.85. The Morgan fingerprint density at radius 3 is 2.95 bits per heavy atom. The van der Waals surface area contributed by atoms with Gasteiger partial charge in [0, 0.05) is 16.4 Å². The van der Waals surface area contributed by atoms with Crippen molar-refractivity contribution in [2.45, 2.75) is 0 Å². The highest BCUT2D eigenvalue weighted by Gasteiger charge is 2.12. The molecule has 0 aliphatic heterocycles. The zero-order chi connectivity index (χ0) is 14.1. The van der Waals surface area contributed by atoms with Crippen molar-refractivity contribution in [1.29, 1.82) is 0 Å². The third-order valence-corrected chi connectivity index (χ3v) is 4.06. The van der Waals surface area contributed by atoms with E-state index >= 15 is 0 Å². The number of aromatic nitrogens is 2. The summed E-state index contributed by atoms with van der Waals surface area (Å²) in [4.78, 5) is 12.3. The van der Waals surface area contributed by atoms with Crippen LogP contribution in [0.15, 0.2) is 53.3 Å². The quantitative estimate of drug-likeness (QED) is 0.759. The van der Waals surface area contributed by atoms with Crippen LogP contribution >= 0.6 is 27.5 Å². The van der Waals surface area contributed by atoms with Crippen molar-refractivity contribution >= 4 is 44.6 Å². The van der Waals surface area contributed by atoms with E-state index in [0.29, 0.717) is 16.3 Å². The SMILES string of the molecule is O=C(Nc1ccc(Cl)c(Br)c1)c1cnn2ccccc12. The first-order valence-corrected chi connectivity index (χ1v) is 7.01. The van der Waals surface area contributed by atoms with Gasteiger partial charge in [0.05, 0.1) is 22.3 Å². The van der Waals surface area contributed by atoms with E-state index in [1.54, 1.807) is 35.1 Å². The lowest BCUT2D eigenvalue weighted by molar-refractivity contribution is 0.102. The van der Waals surface area contributed by atoms with Gasteiger partial charge in [0.2, 0.25) is 0 Å². The van der Waals surface area contributed by atoms with E-state index in [0.717, 1.165) is 9.99 Å². The van der Waals surface area contributed by atoms with Crippen molar-refractivity contribution in [3.05, 3.63) is 63.9 Å². The lowest BCUT2D eigenvalue weighted by atomic mass is 10.2. The summed E-state index contributed by atoms with van der Waals surface area (Å²) in [6, 6.07) is 10.8. The second-order valence-corrected chi connectivity index (χ2v) is 5.43. The molecular weight excluding hydrogens is 342 g/mol. The number of carbonyl (C=O) groups excluding carboxylic acids is 1. The molecule has 100 valence electrons. The molecule has 0 unspecified atom stereocenters. The molecule has 1 N–H and O–H groups in total. The number of hydrogen-bond acceptors (Lipinski definition) is 2. The number of carbonyl (C=O) groups is 1. The van der Waals surface area contributed by atoms with Gasteiger partial charge in [0.15, 0.2) is 0 Å². The molecule has 0 saturated carbocycles. The van der Waals surface area contributed by atoms with Crippen LogP contribution in [-0.2, 0) is 0 Å². The fraction of sp³-hybridized carbons (Fsp3) is 0. The average molecular weight is 351 g/mol. The Morgan fingerprint density at radius 2 is 2.15 bits per heavy atom. The molecule has 0 saturated heterocycles. The van der Waals surface area contributed by atoms with Crippen LogP contribution in [0.5, 0.6) is 0 Å². The van der Waals surface area contributed by atoms with Gasteiger partial charge in [-0.25, -0.2) is 4.52 Å². The summed E-state index contributed by atoms with van der Waals surface area (Å²) in [5.41, 5.74) is 1.95. The van der Waals surface area contributed by atoms with Crippen molar-refractivity contribution < 1.29 is 4.79 Å². The molecule has 1 amide bonds. The molecule has 6 heteroatoms. The number of nitrogens with one attached hydrogen (secondary N) is 1. The third-order valence-electron chi connectivity index (χ3n) is 2.85. The van der Waals surface area contributed by atoms with Crippen LogP contribution in [0.25, 0.3) is 5.52 Å². The number of hydrogen-bond donors (Lipinski definition) is 1. The number of amides is 1. The molecule has 1 aromatic carbocycles. The van der Waals surface area contributed by atoms with Crippen LogP contribution in [0.2, 0.25) is 5.02 Å². The van der Waals surface area contributed by atoms with Gasteiger partial charge in [-0.15, -0.1) is 0 Å². The zero-order valence-corrected chi connectivity index (χ0v) is 12.5. The van der Waals surface area contributed by atoms with Crippen LogP contribution in [0, 0.1) is 0 Å². The first kappa shape index (κ1) is 13.1. The highest BCUT2D eigenvalue weighted by Crippen LogP contribution is 2.26. The van der Waals surface area contributed by atoms with Gasteiger partial charge in [0.1, 0.15) is 0 Å². The van der Waals surface area contributed by atoms with E-state index < -0.39 is 0 Å². The lowest BCUT2D eigenvalue weighted by Gasteiger charge is -2.05. The maximum atomic E-state index is 12.3. The summed E-state index contributed by atoms with van der Waals surface area (Å²) in [6.45, 7) is 0. The molecule has 0 radical (unpaired) electrons. The van der Waals surface area contributed by atoms with Gasteiger partial charge < -0.3 is 5.32 Å². The van der Waals surface area contributed by atoms with E-state index in [9.17, 15) is 4.79 Å². The summed E-state index contributed by atoms with van der Waals surface area (Å²) in [7, 11) is 0. The molecule has 3 rings (SSSR count). The minimum atomic E-state index is -0.208. The van der Waals surface area contributed by atoms with E-state index in [4.69, 9.17) is 11.6 Å². The van der Waals surface area contributed by atoms with Crippen molar-refractivity contribution in [2.75, 3.05) is 5.32 Å². The summed E-state index contributed by atoms with van der Waals surface area (Å²) in [5, 5.41) is 7.56. The highest BCUT2D eigenvalue weighted by molar-refractivity contribution is 9.10. The molecule has 2 aromatic heterocycles. The van der Waals surface area contributed by atoms with Gasteiger partial charge >= 0.3 is 0 Å². The topological polar surface area (TPSA) is 46.4 Å². The van der Waals surface area contributed by atoms with Crippen molar-refractivity contribution in [1.82, 2.24) is 9.61 Å². The predicted octanol–water partition coefficient (Wildman–Crippen LogP) is 4.00. The second kappa shape index (κ2) is 5.26. The molecule has 3 aromatic rings. The molecule has 20 heavy (non-hydrogen) atoms. The van der Waals surface area contributed by atoms with Crippen LogP contribution < -0.4 is 5.32 Å². The van der Waals surface area contributed by atoms with Crippen molar-refractivity contribution in [3.63, 3.8) is 0 Å². The largest absolute Gasteiger partial charge is 0.322 e. The van der Waals surface area contributed by atoms with Gasteiger partial charge in [-0.3, -0.25) is 4.79 Å². The minimum Gasteiger partial charge on any atom is -0.322 e. The highest BCUT2D eigenvalue weighted by atomic mass is 79.9.